The molecular formula is C28H19N3O3. The van der Waals surface area contributed by atoms with Crippen LogP contribution in [0.5, 0.6) is 5.75 Å². The minimum atomic E-state index is -0.446. The van der Waals surface area contributed by atoms with E-state index in [0.717, 1.165) is 27.3 Å². The molecule has 0 saturated carbocycles. The van der Waals surface area contributed by atoms with E-state index < -0.39 is 5.91 Å². The highest BCUT2D eigenvalue weighted by atomic mass is 16.5. The Balaban J connectivity index is 1.41. The Morgan fingerprint density at radius 2 is 1.74 bits per heavy atom. The molecule has 0 saturated heterocycles. The zero-order valence-electron chi connectivity index (χ0n) is 18.1. The first-order chi connectivity index (χ1) is 16.7. The normalized spacial score (nSPS) is 11.0. The van der Waals surface area contributed by atoms with E-state index in [-0.39, 0.29) is 12.4 Å². The number of furan rings is 1. The molecule has 0 spiro atoms. The topological polar surface area (TPSA) is 87.6 Å². The minimum Gasteiger partial charge on any atom is -0.488 e. The molecule has 34 heavy (non-hydrogen) atoms. The van der Waals surface area contributed by atoms with Crippen molar-refractivity contribution < 1.29 is 13.9 Å². The van der Waals surface area contributed by atoms with Crippen molar-refractivity contribution in [2.45, 2.75) is 6.61 Å². The van der Waals surface area contributed by atoms with Crippen molar-refractivity contribution in [3.63, 3.8) is 0 Å². The third-order valence-corrected chi connectivity index (χ3v) is 5.46. The third-order valence-electron chi connectivity index (χ3n) is 5.46. The fraction of sp³-hybridized carbons (Fsp3) is 0.0357. The summed E-state index contributed by atoms with van der Waals surface area (Å²) in [5.41, 5.74) is 5.25. The number of carbonyl (C=O) groups excluding carboxylic acids is 1. The van der Waals surface area contributed by atoms with E-state index in [1.54, 1.807) is 24.4 Å². The summed E-state index contributed by atoms with van der Waals surface area (Å²) in [5.74, 6) is 0.326. The highest BCUT2D eigenvalue weighted by molar-refractivity contribution is 6.03. The van der Waals surface area contributed by atoms with Gasteiger partial charge in [-0.1, -0.05) is 66.7 Å². The molecule has 1 aromatic heterocycles. The minimum absolute atomic E-state index is 0.181. The van der Waals surface area contributed by atoms with Gasteiger partial charge >= 0.3 is 5.91 Å². The summed E-state index contributed by atoms with van der Waals surface area (Å²) in [6.45, 7) is 0.230. The second kappa shape index (κ2) is 9.31. The Hall–Kier alpha value is -4.89. The van der Waals surface area contributed by atoms with Crippen LogP contribution in [0.25, 0.3) is 21.7 Å². The Bertz CT molecular complexity index is 1540. The van der Waals surface area contributed by atoms with Gasteiger partial charge in [0.2, 0.25) is 0 Å². The van der Waals surface area contributed by atoms with Gasteiger partial charge in [-0.15, -0.1) is 0 Å². The summed E-state index contributed by atoms with van der Waals surface area (Å²) in [6, 6.07) is 30.3. The molecule has 164 valence electrons. The van der Waals surface area contributed by atoms with Gasteiger partial charge in [0.25, 0.3) is 0 Å². The van der Waals surface area contributed by atoms with Gasteiger partial charge in [-0.2, -0.15) is 10.4 Å². The number of amides is 1. The van der Waals surface area contributed by atoms with Gasteiger partial charge in [-0.25, -0.2) is 5.43 Å². The summed E-state index contributed by atoms with van der Waals surface area (Å²) >= 11 is 0. The second-order valence-electron chi connectivity index (χ2n) is 7.60. The summed E-state index contributed by atoms with van der Waals surface area (Å²) in [6.07, 6.45) is 1.56. The molecule has 1 amide bonds. The molecule has 1 N–H and O–H groups in total. The van der Waals surface area contributed by atoms with E-state index in [1.165, 1.54) is 0 Å². The first-order valence-electron chi connectivity index (χ1n) is 10.7. The number of carbonyl (C=O) groups is 1. The molecule has 0 aliphatic carbocycles. The number of rotatable bonds is 6. The number of hydrazone groups is 1. The maximum absolute atomic E-state index is 12.6. The van der Waals surface area contributed by atoms with Crippen molar-refractivity contribution in [1.29, 1.82) is 5.26 Å². The lowest BCUT2D eigenvalue weighted by molar-refractivity contribution is 0.0929. The number of ether oxygens (including phenoxy) is 1. The van der Waals surface area contributed by atoms with Crippen molar-refractivity contribution in [1.82, 2.24) is 5.43 Å². The zero-order valence-corrected chi connectivity index (χ0v) is 18.1. The number of para-hydroxylation sites is 1. The monoisotopic (exact) mass is 445 g/mol. The van der Waals surface area contributed by atoms with Crippen molar-refractivity contribution >= 4 is 33.9 Å². The second-order valence-corrected chi connectivity index (χ2v) is 7.60. The van der Waals surface area contributed by atoms with Crippen molar-refractivity contribution in [2.24, 2.45) is 5.10 Å². The van der Waals surface area contributed by atoms with Gasteiger partial charge in [0.15, 0.2) is 5.76 Å². The average Bonchev–Trinajstić information content (AvgIpc) is 3.32. The van der Waals surface area contributed by atoms with E-state index >= 15 is 0 Å². The molecule has 5 aromatic rings. The SMILES string of the molecule is N#Cc1ccccc1COc1ccc2ccccc2c1/C=N/NC(=O)c1cc2ccccc2o1. The Morgan fingerprint density at radius 3 is 2.59 bits per heavy atom. The number of nitrogens with zero attached hydrogens (tertiary/aromatic N) is 2. The molecule has 0 radical (unpaired) electrons. The first kappa shape index (κ1) is 21.0. The fourth-order valence-electron chi connectivity index (χ4n) is 3.75. The van der Waals surface area contributed by atoms with Crippen LogP contribution in [0, 0.1) is 11.3 Å². The van der Waals surface area contributed by atoms with Crippen molar-refractivity contribution in [3.8, 4) is 11.8 Å². The summed E-state index contributed by atoms with van der Waals surface area (Å²) in [4.78, 5) is 12.6. The molecular weight excluding hydrogens is 426 g/mol. The van der Waals surface area contributed by atoms with E-state index in [9.17, 15) is 10.1 Å². The molecule has 6 heteroatoms. The standard InChI is InChI=1S/C28H19N3O3/c29-16-21-9-1-2-10-22(21)18-33-26-14-13-19-7-3-5-11-23(19)24(26)17-30-31-28(32)27-15-20-8-4-6-12-25(20)34-27/h1-15,17H,18H2,(H,31,32)/b30-17+. The number of hydrogen-bond acceptors (Lipinski definition) is 5. The summed E-state index contributed by atoms with van der Waals surface area (Å²) in [7, 11) is 0. The van der Waals surface area contributed by atoms with Crippen LogP contribution in [-0.2, 0) is 6.61 Å². The molecule has 0 atom stereocenters. The highest BCUT2D eigenvalue weighted by Gasteiger charge is 2.12. The van der Waals surface area contributed by atoms with Gasteiger partial charge in [-0.05, 0) is 35.0 Å². The molecule has 5 rings (SSSR count). The Kier molecular flexibility index (Phi) is 5.74. The molecule has 0 aliphatic heterocycles. The Morgan fingerprint density at radius 1 is 0.971 bits per heavy atom. The number of hydrogen-bond donors (Lipinski definition) is 1. The summed E-state index contributed by atoms with van der Waals surface area (Å²) in [5, 5.41) is 16.3. The first-order valence-corrected chi connectivity index (χ1v) is 10.7. The van der Waals surface area contributed by atoms with Crippen LogP contribution >= 0.6 is 0 Å². The van der Waals surface area contributed by atoms with Gasteiger partial charge in [0.05, 0.1) is 17.8 Å². The smallest absolute Gasteiger partial charge is 0.307 e. The third kappa shape index (κ3) is 4.23. The predicted molar refractivity (Wildman–Crippen MR) is 131 cm³/mol. The van der Waals surface area contributed by atoms with Crippen LogP contribution in [0.2, 0.25) is 0 Å². The maximum Gasteiger partial charge on any atom is 0.307 e. The molecule has 4 aromatic carbocycles. The van der Waals surface area contributed by atoms with Crippen LogP contribution in [-0.4, -0.2) is 12.1 Å². The lowest BCUT2D eigenvalue weighted by Gasteiger charge is -2.12. The van der Waals surface area contributed by atoms with E-state index in [2.05, 4.69) is 16.6 Å². The highest BCUT2D eigenvalue weighted by Crippen LogP contribution is 2.28. The fourth-order valence-corrected chi connectivity index (χ4v) is 3.75. The number of nitrogens with one attached hydrogen (secondary N) is 1. The predicted octanol–water partition coefficient (Wildman–Crippen LogP) is 5.80. The number of nitriles is 1. The number of benzene rings is 4. The zero-order chi connectivity index (χ0) is 23.3. The lowest BCUT2D eigenvalue weighted by Crippen LogP contribution is -2.16. The van der Waals surface area contributed by atoms with Crippen LogP contribution in [0.15, 0.2) is 101 Å². The molecule has 0 unspecified atom stereocenters. The Labute approximate surface area is 195 Å². The van der Waals surface area contributed by atoms with Gasteiger partial charge in [0, 0.05) is 16.5 Å². The molecule has 0 fully saturated rings. The largest absolute Gasteiger partial charge is 0.488 e. The molecule has 6 nitrogen and oxygen atoms in total. The van der Waals surface area contributed by atoms with E-state index in [0.29, 0.717) is 16.9 Å². The van der Waals surface area contributed by atoms with Crippen LogP contribution < -0.4 is 10.2 Å². The van der Waals surface area contributed by atoms with Gasteiger partial charge in [0.1, 0.15) is 17.9 Å². The van der Waals surface area contributed by atoms with Crippen LogP contribution in [0.3, 0.4) is 0 Å². The van der Waals surface area contributed by atoms with Gasteiger partial charge in [-0.3, -0.25) is 4.79 Å². The van der Waals surface area contributed by atoms with E-state index in [4.69, 9.17) is 9.15 Å². The lowest BCUT2D eigenvalue weighted by atomic mass is 10.0. The van der Waals surface area contributed by atoms with Crippen LogP contribution in [0.1, 0.15) is 27.2 Å². The van der Waals surface area contributed by atoms with Crippen molar-refractivity contribution in [3.05, 3.63) is 113 Å². The molecule has 0 bridgehead atoms. The maximum atomic E-state index is 12.6. The quantitative estimate of drug-likeness (QED) is 0.264. The average molecular weight is 445 g/mol. The van der Waals surface area contributed by atoms with Crippen LogP contribution in [0.4, 0.5) is 0 Å². The molecule has 0 aliphatic rings. The number of fused-ring (bicyclic) bond motifs is 2. The van der Waals surface area contributed by atoms with Gasteiger partial charge < -0.3 is 9.15 Å². The van der Waals surface area contributed by atoms with E-state index in [1.807, 2.05) is 72.8 Å². The van der Waals surface area contributed by atoms with Crippen molar-refractivity contribution in [2.75, 3.05) is 0 Å². The molecule has 1 heterocycles. The summed E-state index contributed by atoms with van der Waals surface area (Å²) < 4.78 is 11.7.